The largest absolute Gasteiger partial charge is 0.461 e. The molecule has 0 aliphatic heterocycles. The van der Waals surface area contributed by atoms with Crippen LogP contribution >= 0.6 is 0 Å². The van der Waals surface area contributed by atoms with Crippen molar-refractivity contribution in [2.75, 3.05) is 11.9 Å². The summed E-state index contributed by atoms with van der Waals surface area (Å²) < 4.78 is 9.86. The van der Waals surface area contributed by atoms with E-state index < -0.39 is 10.9 Å². The lowest BCUT2D eigenvalue weighted by Gasteiger charge is -2.01. The lowest BCUT2D eigenvalue weighted by molar-refractivity contribution is -0.384. The highest BCUT2D eigenvalue weighted by Gasteiger charge is 2.13. The first-order valence-corrected chi connectivity index (χ1v) is 6.20. The monoisotopic (exact) mass is 291 g/mol. The number of aromatic nitrogens is 1. The van der Waals surface area contributed by atoms with E-state index in [1.165, 1.54) is 18.4 Å². The van der Waals surface area contributed by atoms with Crippen molar-refractivity contribution >= 4 is 17.7 Å². The minimum atomic E-state index is -0.565. The second kappa shape index (κ2) is 6.51. The molecule has 2 aromatic rings. The normalized spacial score (nSPS) is 10.1. The van der Waals surface area contributed by atoms with E-state index in [-0.39, 0.29) is 30.5 Å². The molecule has 0 unspecified atom stereocenters. The molecule has 1 heterocycles. The van der Waals surface area contributed by atoms with Gasteiger partial charge in [0.05, 0.1) is 11.5 Å². The SMILES string of the molecule is CCOC(=O)c1coc(NCc2cccc([N+](=O)[O-])c2)n1. The second-order valence-electron chi connectivity index (χ2n) is 4.04. The minimum Gasteiger partial charge on any atom is -0.461 e. The topological polar surface area (TPSA) is 108 Å². The van der Waals surface area contributed by atoms with Gasteiger partial charge < -0.3 is 14.5 Å². The first kappa shape index (κ1) is 14.5. The number of hydrogen-bond acceptors (Lipinski definition) is 7. The first-order valence-electron chi connectivity index (χ1n) is 6.20. The molecule has 0 saturated carbocycles. The van der Waals surface area contributed by atoms with E-state index in [4.69, 9.17) is 9.15 Å². The Hall–Kier alpha value is -2.90. The lowest BCUT2D eigenvalue weighted by Crippen LogP contribution is -2.05. The molecular weight excluding hydrogens is 278 g/mol. The summed E-state index contributed by atoms with van der Waals surface area (Å²) in [5.74, 6) is -0.565. The molecule has 0 radical (unpaired) electrons. The molecule has 1 N–H and O–H groups in total. The van der Waals surface area contributed by atoms with E-state index in [1.54, 1.807) is 19.1 Å². The summed E-state index contributed by atoms with van der Waals surface area (Å²) in [5.41, 5.74) is 0.771. The number of hydrogen-bond donors (Lipinski definition) is 1. The molecule has 0 atom stereocenters. The van der Waals surface area contributed by atoms with Gasteiger partial charge in [-0.1, -0.05) is 12.1 Å². The van der Waals surface area contributed by atoms with Crippen LogP contribution < -0.4 is 5.32 Å². The molecule has 0 saturated heterocycles. The third-order valence-corrected chi connectivity index (χ3v) is 2.55. The van der Waals surface area contributed by atoms with Crippen LogP contribution in [0.25, 0.3) is 0 Å². The van der Waals surface area contributed by atoms with Crippen LogP contribution in [0.1, 0.15) is 23.0 Å². The van der Waals surface area contributed by atoms with Gasteiger partial charge in [0.2, 0.25) is 0 Å². The van der Waals surface area contributed by atoms with Crippen LogP contribution in [0.2, 0.25) is 0 Å². The van der Waals surface area contributed by atoms with Gasteiger partial charge in [-0.2, -0.15) is 4.98 Å². The van der Waals surface area contributed by atoms with Gasteiger partial charge >= 0.3 is 5.97 Å². The number of benzene rings is 1. The summed E-state index contributed by atoms with van der Waals surface area (Å²) in [5, 5.41) is 13.5. The Labute approximate surface area is 119 Å². The van der Waals surface area contributed by atoms with E-state index in [0.29, 0.717) is 5.56 Å². The van der Waals surface area contributed by atoms with Crippen LogP contribution in [-0.2, 0) is 11.3 Å². The van der Waals surface area contributed by atoms with Gasteiger partial charge in [-0.05, 0) is 12.5 Å². The van der Waals surface area contributed by atoms with Gasteiger partial charge in [-0.25, -0.2) is 4.79 Å². The van der Waals surface area contributed by atoms with E-state index in [0.717, 1.165) is 0 Å². The van der Waals surface area contributed by atoms with Crippen LogP contribution in [0, 0.1) is 10.1 Å². The Balaban J connectivity index is 1.98. The predicted molar refractivity (Wildman–Crippen MR) is 72.9 cm³/mol. The van der Waals surface area contributed by atoms with Crippen LogP contribution in [-0.4, -0.2) is 22.5 Å². The van der Waals surface area contributed by atoms with Gasteiger partial charge in [0, 0.05) is 18.7 Å². The summed E-state index contributed by atoms with van der Waals surface area (Å²) in [6.07, 6.45) is 1.19. The molecule has 0 amide bonds. The van der Waals surface area contributed by atoms with Gasteiger partial charge in [-0.3, -0.25) is 10.1 Å². The predicted octanol–water partition coefficient (Wildman–Crippen LogP) is 2.37. The van der Waals surface area contributed by atoms with Crippen molar-refractivity contribution in [1.29, 1.82) is 0 Å². The molecule has 8 heteroatoms. The number of esters is 1. The number of ether oxygens (including phenoxy) is 1. The summed E-state index contributed by atoms with van der Waals surface area (Å²) >= 11 is 0. The highest BCUT2D eigenvalue weighted by atomic mass is 16.6. The number of nitrogens with one attached hydrogen (secondary N) is 1. The number of nitrogens with zero attached hydrogens (tertiary/aromatic N) is 2. The maximum absolute atomic E-state index is 11.4. The fourth-order valence-electron chi connectivity index (χ4n) is 1.61. The molecule has 1 aromatic heterocycles. The molecule has 110 valence electrons. The minimum absolute atomic E-state index is 0.00826. The molecule has 8 nitrogen and oxygen atoms in total. The van der Waals surface area contributed by atoms with Crippen molar-refractivity contribution < 1.29 is 18.9 Å². The summed E-state index contributed by atoms with van der Waals surface area (Å²) in [4.78, 5) is 25.5. The molecule has 21 heavy (non-hydrogen) atoms. The van der Waals surface area contributed by atoms with Crippen molar-refractivity contribution in [3.63, 3.8) is 0 Å². The molecule has 0 bridgehead atoms. The fourth-order valence-corrected chi connectivity index (χ4v) is 1.61. The Morgan fingerprint density at radius 1 is 1.52 bits per heavy atom. The van der Waals surface area contributed by atoms with Gasteiger partial charge in [0.1, 0.15) is 6.26 Å². The Morgan fingerprint density at radius 3 is 3.05 bits per heavy atom. The van der Waals surface area contributed by atoms with E-state index in [1.807, 2.05) is 0 Å². The number of nitro groups is 1. The number of anilines is 1. The van der Waals surface area contributed by atoms with E-state index >= 15 is 0 Å². The molecule has 0 aliphatic rings. The van der Waals surface area contributed by atoms with Crippen LogP contribution in [0.5, 0.6) is 0 Å². The summed E-state index contributed by atoms with van der Waals surface area (Å²) in [6, 6.07) is 6.32. The van der Waals surface area contributed by atoms with Crippen LogP contribution in [0.15, 0.2) is 34.9 Å². The van der Waals surface area contributed by atoms with Crippen LogP contribution in [0.4, 0.5) is 11.7 Å². The molecule has 1 aromatic carbocycles. The lowest BCUT2D eigenvalue weighted by atomic mass is 10.2. The molecule has 0 spiro atoms. The van der Waals surface area contributed by atoms with Crippen LogP contribution in [0.3, 0.4) is 0 Å². The van der Waals surface area contributed by atoms with Crippen molar-refractivity contribution in [2.24, 2.45) is 0 Å². The zero-order chi connectivity index (χ0) is 15.2. The highest BCUT2D eigenvalue weighted by molar-refractivity contribution is 5.87. The molecule has 2 rings (SSSR count). The van der Waals surface area contributed by atoms with E-state index in [2.05, 4.69) is 10.3 Å². The Kier molecular flexibility index (Phi) is 4.50. The van der Waals surface area contributed by atoms with Gasteiger partial charge in [0.15, 0.2) is 5.69 Å². The third kappa shape index (κ3) is 3.78. The number of nitro benzene ring substituents is 1. The summed E-state index contributed by atoms with van der Waals surface area (Å²) in [7, 11) is 0. The number of carbonyl (C=O) groups excluding carboxylic acids is 1. The van der Waals surface area contributed by atoms with Crippen molar-refractivity contribution in [2.45, 2.75) is 13.5 Å². The maximum atomic E-state index is 11.4. The third-order valence-electron chi connectivity index (χ3n) is 2.55. The molecule has 0 fully saturated rings. The number of non-ortho nitro benzene ring substituents is 1. The van der Waals surface area contributed by atoms with E-state index in [9.17, 15) is 14.9 Å². The first-order chi connectivity index (χ1) is 10.1. The quantitative estimate of drug-likeness (QED) is 0.494. The smallest absolute Gasteiger partial charge is 0.360 e. The molecular formula is C13H13N3O5. The average Bonchev–Trinajstić information content (AvgIpc) is 2.95. The summed E-state index contributed by atoms with van der Waals surface area (Å²) in [6.45, 7) is 2.23. The molecule has 0 aliphatic carbocycles. The van der Waals surface area contributed by atoms with Gasteiger partial charge in [0.25, 0.3) is 11.7 Å². The zero-order valence-corrected chi connectivity index (χ0v) is 11.2. The van der Waals surface area contributed by atoms with Gasteiger partial charge in [-0.15, -0.1) is 0 Å². The van der Waals surface area contributed by atoms with Crippen molar-refractivity contribution in [1.82, 2.24) is 4.98 Å². The average molecular weight is 291 g/mol. The zero-order valence-electron chi connectivity index (χ0n) is 11.2. The standard InChI is InChI=1S/C13H13N3O5/c1-2-20-12(17)11-8-21-13(15-11)14-7-9-4-3-5-10(6-9)16(18)19/h3-6,8H,2,7H2,1H3,(H,14,15). The Bertz CT molecular complexity index is 653. The fraction of sp³-hybridized carbons (Fsp3) is 0.231. The highest BCUT2D eigenvalue weighted by Crippen LogP contribution is 2.15. The van der Waals surface area contributed by atoms with Crippen molar-refractivity contribution in [3.05, 3.63) is 51.9 Å². The van der Waals surface area contributed by atoms with Crippen molar-refractivity contribution in [3.8, 4) is 0 Å². The maximum Gasteiger partial charge on any atom is 0.360 e. The Morgan fingerprint density at radius 2 is 2.33 bits per heavy atom. The number of oxazole rings is 1. The number of rotatable bonds is 6. The second-order valence-corrected chi connectivity index (χ2v) is 4.04. The number of carbonyl (C=O) groups is 1.